The van der Waals surface area contributed by atoms with Crippen LogP contribution in [0.25, 0.3) is 0 Å². The van der Waals surface area contributed by atoms with E-state index in [-0.39, 0.29) is 0 Å². The third kappa shape index (κ3) is 1.35. The Bertz CT molecular complexity index is 170. The zero-order valence-corrected chi connectivity index (χ0v) is 5.37. The number of halogens is 2. The Morgan fingerprint density at radius 3 is 2.62 bits per heavy atom. The van der Waals surface area contributed by atoms with Crippen molar-refractivity contribution in [3.8, 4) is 0 Å². The van der Waals surface area contributed by atoms with E-state index in [2.05, 4.69) is 11.1 Å². The van der Waals surface area contributed by atoms with Crippen LogP contribution in [-0.2, 0) is 0 Å². The molecule has 3 heteroatoms. The summed E-state index contributed by atoms with van der Waals surface area (Å²) in [7, 11) is 0. The molecule has 0 unspecified atom stereocenters. The maximum atomic E-state index is 5.46. The van der Waals surface area contributed by atoms with Crippen molar-refractivity contribution < 1.29 is 0 Å². The molecule has 0 saturated carbocycles. The van der Waals surface area contributed by atoms with Gasteiger partial charge in [-0.1, -0.05) is 23.2 Å². The van der Waals surface area contributed by atoms with Gasteiger partial charge in [0.05, 0.1) is 5.02 Å². The minimum Gasteiger partial charge on any atom is -0.244 e. The molecule has 41 valence electrons. The van der Waals surface area contributed by atoms with Gasteiger partial charge in [-0.05, 0) is 6.07 Å². The first kappa shape index (κ1) is 5.86. The molecule has 0 aliphatic heterocycles. The van der Waals surface area contributed by atoms with Crippen molar-refractivity contribution >= 4 is 23.2 Å². The van der Waals surface area contributed by atoms with Gasteiger partial charge in [-0.15, -0.1) is 0 Å². The van der Waals surface area contributed by atoms with E-state index >= 15 is 0 Å². The predicted molar refractivity (Wildman–Crippen MR) is 33.1 cm³/mol. The summed E-state index contributed by atoms with van der Waals surface area (Å²) in [5.41, 5.74) is 0. The summed E-state index contributed by atoms with van der Waals surface area (Å²) >= 11 is 10.9. The van der Waals surface area contributed by atoms with E-state index in [9.17, 15) is 0 Å². The summed E-state index contributed by atoms with van der Waals surface area (Å²) < 4.78 is 0. The van der Waals surface area contributed by atoms with Crippen molar-refractivity contribution in [3.05, 3.63) is 28.5 Å². The van der Waals surface area contributed by atoms with Crippen LogP contribution in [0.2, 0.25) is 10.2 Å². The molecule has 1 radical (unpaired) electrons. The van der Waals surface area contributed by atoms with E-state index < -0.39 is 0 Å². The Hall–Kier alpha value is -0.270. The molecular weight excluding hydrogens is 145 g/mol. The van der Waals surface area contributed by atoms with Crippen molar-refractivity contribution in [1.29, 1.82) is 0 Å². The van der Waals surface area contributed by atoms with Crippen LogP contribution in [0.15, 0.2) is 12.3 Å². The van der Waals surface area contributed by atoms with Crippen molar-refractivity contribution in [2.24, 2.45) is 0 Å². The van der Waals surface area contributed by atoms with Crippen molar-refractivity contribution in [1.82, 2.24) is 4.98 Å². The van der Waals surface area contributed by atoms with E-state index in [0.717, 1.165) is 0 Å². The molecule has 0 atom stereocenters. The highest BCUT2D eigenvalue weighted by Crippen LogP contribution is 2.09. The quantitative estimate of drug-likeness (QED) is 0.512. The number of pyridine rings is 1. The van der Waals surface area contributed by atoms with Gasteiger partial charge in [0.1, 0.15) is 5.15 Å². The van der Waals surface area contributed by atoms with Gasteiger partial charge in [-0.25, -0.2) is 4.98 Å². The summed E-state index contributed by atoms with van der Waals surface area (Å²) in [4.78, 5) is 3.67. The van der Waals surface area contributed by atoms with Crippen molar-refractivity contribution in [2.45, 2.75) is 0 Å². The topological polar surface area (TPSA) is 12.9 Å². The SMILES string of the molecule is Clc1[c]c(Cl)ncc1. The molecule has 1 aromatic rings. The smallest absolute Gasteiger partial charge is 0.138 e. The van der Waals surface area contributed by atoms with E-state index in [4.69, 9.17) is 23.2 Å². The summed E-state index contributed by atoms with van der Waals surface area (Å²) in [5.74, 6) is 0. The van der Waals surface area contributed by atoms with E-state index in [0.29, 0.717) is 10.2 Å². The van der Waals surface area contributed by atoms with Crippen molar-refractivity contribution in [3.63, 3.8) is 0 Å². The van der Waals surface area contributed by atoms with E-state index in [1.165, 1.54) is 6.20 Å². The molecule has 1 aromatic heterocycles. The number of rotatable bonds is 0. The lowest BCUT2D eigenvalue weighted by Gasteiger charge is -1.84. The third-order valence-electron chi connectivity index (χ3n) is 0.631. The Labute approximate surface area is 57.3 Å². The molecule has 0 saturated heterocycles. The maximum Gasteiger partial charge on any atom is 0.138 e. The zero-order valence-electron chi connectivity index (χ0n) is 3.86. The van der Waals surface area contributed by atoms with Gasteiger partial charge >= 0.3 is 0 Å². The van der Waals surface area contributed by atoms with Crippen LogP contribution < -0.4 is 0 Å². The largest absolute Gasteiger partial charge is 0.244 e. The standard InChI is InChI=1S/C5H2Cl2N/c6-4-1-2-8-5(7)3-4/h1-2H. The molecular formula is C5H2Cl2N. The first-order valence-electron chi connectivity index (χ1n) is 1.98. The highest BCUT2D eigenvalue weighted by atomic mass is 35.5. The van der Waals surface area contributed by atoms with E-state index in [1.54, 1.807) is 6.07 Å². The van der Waals surface area contributed by atoms with Gasteiger partial charge < -0.3 is 0 Å². The highest BCUT2D eigenvalue weighted by molar-refractivity contribution is 6.33. The average molecular weight is 147 g/mol. The number of hydrogen-bond acceptors (Lipinski definition) is 1. The number of aromatic nitrogens is 1. The fourth-order valence-electron chi connectivity index (χ4n) is 0.341. The molecule has 0 bridgehead atoms. The summed E-state index contributed by atoms with van der Waals surface area (Å²) in [6.45, 7) is 0. The second-order valence-corrected chi connectivity index (χ2v) is 1.97. The molecule has 0 fully saturated rings. The van der Waals surface area contributed by atoms with Gasteiger partial charge in [0, 0.05) is 12.3 Å². The fourth-order valence-corrected chi connectivity index (χ4v) is 0.693. The van der Waals surface area contributed by atoms with Crippen LogP contribution in [0.3, 0.4) is 0 Å². The van der Waals surface area contributed by atoms with Gasteiger partial charge in [-0.3, -0.25) is 0 Å². The van der Waals surface area contributed by atoms with Crippen LogP contribution >= 0.6 is 23.2 Å². The monoisotopic (exact) mass is 146 g/mol. The van der Waals surface area contributed by atoms with Crippen LogP contribution in [0.5, 0.6) is 0 Å². The van der Waals surface area contributed by atoms with Gasteiger partial charge in [0.15, 0.2) is 0 Å². The maximum absolute atomic E-state index is 5.46. The molecule has 1 rings (SSSR count). The fraction of sp³-hybridized carbons (Fsp3) is 0. The second kappa shape index (κ2) is 2.33. The molecule has 0 amide bonds. The Morgan fingerprint density at radius 1 is 1.50 bits per heavy atom. The second-order valence-electron chi connectivity index (χ2n) is 1.21. The molecule has 0 aliphatic carbocycles. The minimum atomic E-state index is 0.303. The molecule has 1 nitrogen and oxygen atoms in total. The van der Waals surface area contributed by atoms with Crippen LogP contribution in [0.4, 0.5) is 0 Å². The molecule has 1 heterocycles. The summed E-state index contributed by atoms with van der Waals surface area (Å²) in [6, 6.07) is 4.21. The van der Waals surface area contributed by atoms with Crippen LogP contribution in [0, 0.1) is 6.07 Å². The van der Waals surface area contributed by atoms with Crippen LogP contribution in [0.1, 0.15) is 0 Å². The Balaban J connectivity index is 3.08. The van der Waals surface area contributed by atoms with Gasteiger partial charge in [0.25, 0.3) is 0 Å². The third-order valence-corrected chi connectivity index (χ3v) is 1.04. The normalized spacial score (nSPS) is 9.25. The van der Waals surface area contributed by atoms with Crippen LogP contribution in [-0.4, -0.2) is 4.98 Å². The summed E-state index contributed by atoms with van der Waals surface area (Å²) in [5, 5.41) is 0.794. The predicted octanol–water partition coefficient (Wildman–Crippen LogP) is 2.19. The van der Waals surface area contributed by atoms with Gasteiger partial charge in [0.2, 0.25) is 0 Å². The first-order chi connectivity index (χ1) is 3.79. The average Bonchev–Trinajstić information content (AvgIpc) is 1.64. The van der Waals surface area contributed by atoms with Crippen molar-refractivity contribution in [2.75, 3.05) is 0 Å². The summed E-state index contributed by atoms with van der Waals surface area (Å²) in [6.07, 6.45) is 1.53. The number of hydrogen-bond donors (Lipinski definition) is 0. The molecule has 0 spiro atoms. The number of nitrogens with zero attached hydrogens (tertiary/aromatic N) is 1. The molecule has 0 N–H and O–H groups in total. The minimum absolute atomic E-state index is 0.303. The molecule has 0 aliphatic rings. The zero-order chi connectivity index (χ0) is 5.98. The first-order valence-corrected chi connectivity index (χ1v) is 2.74. The highest BCUT2D eigenvalue weighted by Gasteiger charge is 1.87. The lowest BCUT2D eigenvalue weighted by atomic mass is 10.5. The van der Waals surface area contributed by atoms with Gasteiger partial charge in [-0.2, -0.15) is 0 Å². The molecule has 0 aromatic carbocycles. The van der Waals surface area contributed by atoms with E-state index in [1.807, 2.05) is 0 Å². The Kier molecular flexibility index (Phi) is 1.71. The lowest BCUT2D eigenvalue weighted by molar-refractivity contribution is 1.32. The lowest BCUT2D eigenvalue weighted by Crippen LogP contribution is -1.70. The molecule has 8 heavy (non-hydrogen) atoms. The Morgan fingerprint density at radius 2 is 2.25 bits per heavy atom.